The van der Waals surface area contributed by atoms with Crippen LogP contribution in [-0.4, -0.2) is 74.0 Å². The van der Waals surface area contributed by atoms with Crippen LogP contribution in [0, 0.1) is 0 Å². The topological polar surface area (TPSA) is 46.1 Å². The summed E-state index contributed by atoms with van der Waals surface area (Å²) in [6, 6.07) is 0. The van der Waals surface area contributed by atoms with Crippen LogP contribution in [0.5, 0.6) is 0 Å². The van der Waals surface area contributed by atoms with Crippen LogP contribution in [0.15, 0.2) is 4.99 Å². The summed E-state index contributed by atoms with van der Waals surface area (Å²) in [4.78, 5) is 7.11. The first-order valence-electron chi connectivity index (χ1n) is 8.03. The monoisotopic (exact) mass is 443 g/mol. The van der Waals surface area contributed by atoms with Gasteiger partial charge < -0.3 is 19.7 Å². The number of hydrogen-bond donors (Lipinski definition) is 1. The highest BCUT2D eigenvalue weighted by Gasteiger charge is 2.32. The van der Waals surface area contributed by atoms with Crippen LogP contribution in [0.2, 0.25) is 0 Å². The van der Waals surface area contributed by atoms with E-state index in [0.717, 1.165) is 58.2 Å². The van der Waals surface area contributed by atoms with E-state index in [9.17, 15) is 0 Å². The Labute approximate surface area is 156 Å². The second-order valence-corrected chi connectivity index (χ2v) is 6.92. The van der Waals surface area contributed by atoms with Gasteiger partial charge in [0.25, 0.3) is 0 Å². The molecule has 0 saturated carbocycles. The number of halogens is 1. The molecule has 2 fully saturated rings. The van der Waals surface area contributed by atoms with E-state index in [4.69, 9.17) is 14.5 Å². The smallest absolute Gasteiger partial charge is 0.194 e. The summed E-state index contributed by atoms with van der Waals surface area (Å²) in [5.41, 5.74) is 0. The number of ether oxygens (including phenoxy) is 2. The molecule has 1 N–H and O–H groups in total. The lowest BCUT2D eigenvalue weighted by atomic mass is 10.1. The van der Waals surface area contributed by atoms with Crippen molar-refractivity contribution < 1.29 is 9.47 Å². The maximum absolute atomic E-state index is 5.91. The van der Waals surface area contributed by atoms with Crippen molar-refractivity contribution in [2.24, 2.45) is 4.99 Å². The average molecular weight is 443 g/mol. The molecule has 0 aromatic carbocycles. The highest BCUT2D eigenvalue weighted by Crippen LogP contribution is 2.21. The van der Waals surface area contributed by atoms with Gasteiger partial charge in [-0.05, 0) is 26.0 Å². The van der Waals surface area contributed by atoms with E-state index in [1.807, 2.05) is 11.8 Å². The highest BCUT2D eigenvalue weighted by molar-refractivity contribution is 14.0. The lowest BCUT2D eigenvalue weighted by Crippen LogP contribution is -2.53. The van der Waals surface area contributed by atoms with Crippen LogP contribution in [0.25, 0.3) is 0 Å². The van der Waals surface area contributed by atoms with Gasteiger partial charge in [-0.1, -0.05) is 6.92 Å². The third kappa shape index (κ3) is 6.05. The van der Waals surface area contributed by atoms with Gasteiger partial charge in [-0.25, -0.2) is 0 Å². The molecule has 0 aromatic heterocycles. The Bertz CT molecular complexity index is 341. The molecule has 2 saturated heterocycles. The predicted octanol–water partition coefficient (Wildman–Crippen LogP) is 2.20. The second kappa shape index (κ2) is 10.9. The molecule has 5 nitrogen and oxygen atoms in total. The van der Waals surface area contributed by atoms with Gasteiger partial charge in [-0.15, -0.1) is 24.0 Å². The summed E-state index contributed by atoms with van der Waals surface area (Å²) in [5.74, 6) is 1.02. The number of nitrogens with one attached hydrogen (secondary N) is 1. The van der Waals surface area contributed by atoms with Gasteiger partial charge in [-0.2, -0.15) is 11.8 Å². The lowest BCUT2D eigenvalue weighted by Gasteiger charge is -2.37. The molecule has 3 atom stereocenters. The second-order valence-electron chi connectivity index (χ2n) is 5.65. The molecule has 2 aliphatic heterocycles. The third-order valence-corrected chi connectivity index (χ3v) is 4.96. The van der Waals surface area contributed by atoms with Crippen molar-refractivity contribution in [3.63, 3.8) is 0 Å². The van der Waals surface area contributed by atoms with Gasteiger partial charge in [-0.3, -0.25) is 4.99 Å². The van der Waals surface area contributed by atoms with Crippen LogP contribution >= 0.6 is 35.7 Å². The van der Waals surface area contributed by atoms with Crippen LogP contribution in [0.4, 0.5) is 0 Å². The van der Waals surface area contributed by atoms with Gasteiger partial charge in [0.2, 0.25) is 0 Å². The quantitative estimate of drug-likeness (QED) is 0.401. The van der Waals surface area contributed by atoms with Crippen molar-refractivity contribution in [3.05, 3.63) is 0 Å². The van der Waals surface area contributed by atoms with Crippen molar-refractivity contribution in [1.82, 2.24) is 10.2 Å². The fourth-order valence-electron chi connectivity index (χ4n) is 2.70. The molecule has 0 radical (unpaired) electrons. The molecule has 2 rings (SSSR count). The number of guanidine groups is 1. The van der Waals surface area contributed by atoms with E-state index in [0.29, 0.717) is 5.25 Å². The molecule has 130 valence electrons. The van der Waals surface area contributed by atoms with Crippen molar-refractivity contribution in [2.45, 2.75) is 44.1 Å². The van der Waals surface area contributed by atoms with E-state index >= 15 is 0 Å². The number of nitrogens with zero attached hydrogens (tertiary/aromatic N) is 2. The normalized spacial score (nSPS) is 27.4. The van der Waals surface area contributed by atoms with Crippen LogP contribution in [0.3, 0.4) is 0 Å². The maximum Gasteiger partial charge on any atom is 0.194 e. The summed E-state index contributed by atoms with van der Waals surface area (Å²) >= 11 is 1.85. The molecule has 0 spiro atoms. The number of thioether (sulfide) groups is 1. The Balaban J connectivity index is 0.00000242. The summed E-state index contributed by atoms with van der Waals surface area (Å²) in [6.45, 7) is 9.50. The molecule has 7 heteroatoms. The molecule has 0 amide bonds. The molecular weight excluding hydrogens is 413 g/mol. The van der Waals surface area contributed by atoms with E-state index in [1.165, 1.54) is 0 Å². The van der Waals surface area contributed by atoms with Gasteiger partial charge in [0.1, 0.15) is 6.10 Å². The minimum atomic E-state index is 0. The molecular formula is C15H30IN3O2S. The Morgan fingerprint density at radius 2 is 2.14 bits per heavy atom. The van der Waals surface area contributed by atoms with Crippen molar-refractivity contribution in [1.29, 1.82) is 0 Å². The summed E-state index contributed by atoms with van der Waals surface area (Å²) < 4.78 is 11.7. The van der Waals surface area contributed by atoms with Crippen molar-refractivity contribution in [3.8, 4) is 0 Å². The standard InChI is InChI=1S/C15H29N3O2S.HI/c1-4-16-15(17-10-12(2)21-3)18-7-9-20-14(11-18)13-6-5-8-19-13;/h12-14H,4-11H2,1-3H3,(H,16,17);1H. The summed E-state index contributed by atoms with van der Waals surface area (Å²) in [6.07, 6.45) is 4.86. The minimum Gasteiger partial charge on any atom is -0.375 e. The molecule has 0 aliphatic carbocycles. The van der Waals surface area contributed by atoms with Gasteiger partial charge >= 0.3 is 0 Å². The summed E-state index contributed by atoms with van der Waals surface area (Å²) in [5, 5.41) is 3.96. The Kier molecular flexibility index (Phi) is 10.1. The first kappa shape index (κ1) is 20.3. The number of morpholine rings is 1. The van der Waals surface area contributed by atoms with E-state index in [-0.39, 0.29) is 36.2 Å². The number of hydrogen-bond acceptors (Lipinski definition) is 4. The first-order chi connectivity index (χ1) is 10.2. The SMILES string of the molecule is CCNC(=NCC(C)SC)N1CCOC(C2CCCO2)C1.I. The van der Waals surface area contributed by atoms with Crippen LogP contribution in [0.1, 0.15) is 26.7 Å². The lowest BCUT2D eigenvalue weighted by molar-refractivity contribution is -0.0817. The number of aliphatic imine (C=N–C) groups is 1. The molecule has 3 unspecified atom stereocenters. The number of rotatable bonds is 5. The Morgan fingerprint density at radius 1 is 1.36 bits per heavy atom. The van der Waals surface area contributed by atoms with E-state index in [1.54, 1.807) is 0 Å². The molecule has 0 aromatic rings. The molecule has 22 heavy (non-hydrogen) atoms. The van der Waals surface area contributed by atoms with Gasteiger partial charge in [0, 0.05) is 31.5 Å². The Morgan fingerprint density at radius 3 is 2.77 bits per heavy atom. The largest absolute Gasteiger partial charge is 0.375 e. The van der Waals surface area contributed by atoms with Crippen LogP contribution in [-0.2, 0) is 9.47 Å². The fourth-order valence-corrected chi connectivity index (χ4v) is 2.93. The summed E-state index contributed by atoms with van der Waals surface area (Å²) in [7, 11) is 0. The van der Waals surface area contributed by atoms with Crippen molar-refractivity contribution >= 4 is 41.7 Å². The zero-order valence-electron chi connectivity index (χ0n) is 13.9. The Hall–Kier alpha value is 0.270. The molecule has 0 bridgehead atoms. The zero-order chi connectivity index (χ0) is 15.1. The predicted molar refractivity (Wildman–Crippen MR) is 105 cm³/mol. The third-order valence-electron chi connectivity index (χ3n) is 4.01. The van der Waals surface area contributed by atoms with E-state index < -0.39 is 0 Å². The fraction of sp³-hybridized carbons (Fsp3) is 0.933. The van der Waals surface area contributed by atoms with Gasteiger partial charge in [0.15, 0.2) is 5.96 Å². The average Bonchev–Trinajstić information content (AvgIpc) is 3.05. The first-order valence-corrected chi connectivity index (χ1v) is 9.32. The maximum atomic E-state index is 5.91. The minimum absolute atomic E-state index is 0. The molecule has 2 heterocycles. The zero-order valence-corrected chi connectivity index (χ0v) is 17.1. The van der Waals surface area contributed by atoms with E-state index in [2.05, 4.69) is 30.3 Å². The van der Waals surface area contributed by atoms with Gasteiger partial charge in [0.05, 0.1) is 19.3 Å². The van der Waals surface area contributed by atoms with Crippen LogP contribution < -0.4 is 5.32 Å². The highest BCUT2D eigenvalue weighted by atomic mass is 127. The van der Waals surface area contributed by atoms with Crippen molar-refractivity contribution in [2.75, 3.05) is 45.6 Å². The molecule has 2 aliphatic rings.